The van der Waals surface area contributed by atoms with Gasteiger partial charge in [0, 0.05) is 18.1 Å². The lowest BCUT2D eigenvalue weighted by Gasteiger charge is -2.04. The standard InChI is InChI=1S/C16H17N5OS2/c1-4-17-15(22)11-5-6-13(18-7-11)21-16-20-12(8-23-16)14-9(2)19-10(3)24-14/h5-8H,4H2,1-3H3,(H,17,22)(H,18,20,21). The van der Waals surface area contributed by atoms with E-state index in [2.05, 4.69) is 25.6 Å². The number of carbonyl (C=O) groups is 1. The van der Waals surface area contributed by atoms with Crippen LogP contribution in [-0.4, -0.2) is 27.4 Å². The van der Waals surface area contributed by atoms with Crippen LogP contribution in [0.3, 0.4) is 0 Å². The lowest BCUT2D eigenvalue weighted by atomic mass is 10.2. The number of hydrogen-bond donors (Lipinski definition) is 2. The molecule has 3 rings (SSSR count). The average molecular weight is 359 g/mol. The minimum atomic E-state index is -0.121. The second kappa shape index (κ2) is 7.06. The Morgan fingerprint density at radius 1 is 1.25 bits per heavy atom. The van der Waals surface area contributed by atoms with Crippen molar-refractivity contribution in [2.45, 2.75) is 20.8 Å². The van der Waals surface area contributed by atoms with Crippen molar-refractivity contribution in [1.29, 1.82) is 0 Å². The second-order valence-electron chi connectivity index (χ2n) is 5.10. The van der Waals surface area contributed by atoms with E-state index in [0.717, 1.165) is 26.4 Å². The summed E-state index contributed by atoms with van der Waals surface area (Å²) in [6, 6.07) is 3.51. The highest BCUT2D eigenvalue weighted by Gasteiger charge is 2.12. The maximum Gasteiger partial charge on any atom is 0.252 e. The highest BCUT2D eigenvalue weighted by molar-refractivity contribution is 7.16. The maximum absolute atomic E-state index is 11.7. The summed E-state index contributed by atoms with van der Waals surface area (Å²) < 4.78 is 0. The first kappa shape index (κ1) is 16.5. The number of nitrogens with one attached hydrogen (secondary N) is 2. The zero-order valence-electron chi connectivity index (χ0n) is 13.6. The summed E-state index contributed by atoms with van der Waals surface area (Å²) in [5.41, 5.74) is 2.46. The molecular formula is C16H17N5OS2. The highest BCUT2D eigenvalue weighted by Crippen LogP contribution is 2.32. The van der Waals surface area contributed by atoms with Crippen molar-refractivity contribution in [3.8, 4) is 10.6 Å². The first-order chi connectivity index (χ1) is 11.6. The van der Waals surface area contributed by atoms with Gasteiger partial charge in [-0.3, -0.25) is 4.79 Å². The summed E-state index contributed by atoms with van der Waals surface area (Å²) in [6.07, 6.45) is 1.55. The molecule has 0 aliphatic rings. The lowest BCUT2D eigenvalue weighted by molar-refractivity contribution is 0.0955. The van der Waals surface area contributed by atoms with Gasteiger partial charge in [0.2, 0.25) is 0 Å². The third kappa shape index (κ3) is 3.60. The molecule has 0 bridgehead atoms. The van der Waals surface area contributed by atoms with Crippen molar-refractivity contribution in [3.05, 3.63) is 40.0 Å². The van der Waals surface area contributed by atoms with Gasteiger partial charge in [-0.25, -0.2) is 15.0 Å². The van der Waals surface area contributed by atoms with Crippen LogP contribution < -0.4 is 10.6 Å². The van der Waals surface area contributed by atoms with Crippen molar-refractivity contribution < 1.29 is 4.79 Å². The van der Waals surface area contributed by atoms with Crippen LogP contribution in [0.4, 0.5) is 10.9 Å². The fourth-order valence-electron chi connectivity index (χ4n) is 2.18. The molecule has 0 radical (unpaired) electrons. The molecule has 8 heteroatoms. The number of carbonyl (C=O) groups excluding carboxylic acids is 1. The quantitative estimate of drug-likeness (QED) is 0.725. The molecule has 3 heterocycles. The molecule has 0 aliphatic heterocycles. The molecule has 0 aromatic carbocycles. The van der Waals surface area contributed by atoms with Crippen molar-refractivity contribution in [2.75, 3.05) is 11.9 Å². The summed E-state index contributed by atoms with van der Waals surface area (Å²) in [6.45, 7) is 6.46. The molecule has 0 spiro atoms. The Balaban J connectivity index is 1.73. The Morgan fingerprint density at radius 2 is 2.08 bits per heavy atom. The van der Waals surface area contributed by atoms with Crippen molar-refractivity contribution >= 4 is 39.5 Å². The third-order valence-electron chi connectivity index (χ3n) is 3.24. The fourth-order valence-corrected chi connectivity index (χ4v) is 3.84. The van der Waals surface area contributed by atoms with E-state index in [0.29, 0.717) is 17.9 Å². The SMILES string of the molecule is CCNC(=O)c1ccc(Nc2nc(-c3sc(C)nc3C)cs2)nc1. The van der Waals surface area contributed by atoms with Crippen molar-refractivity contribution in [2.24, 2.45) is 0 Å². The predicted octanol–water partition coefficient (Wildman–Crippen LogP) is 3.77. The van der Waals surface area contributed by atoms with Crippen LogP contribution >= 0.6 is 22.7 Å². The van der Waals surface area contributed by atoms with Gasteiger partial charge in [-0.15, -0.1) is 22.7 Å². The molecule has 124 valence electrons. The van der Waals surface area contributed by atoms with Gasteiger partial charge in [0.25, 0.3) is 5.91 Å². The zero-order valence-corrected chi connectivity index (χ0v) is 15.2. The Kier molecular flexibility index (Phi) is 4.86. The van der Waals surface area contributed by atoms with Gasteiger partial charge in [-0.2, -0.15) is 0 Å². The Hall–Kier alpha value is -2.32. The number of anilines is 2. The number of thiazole rings is 2. The number of amides is 1. The van der Waals surface area contributed by atoms with Gasteiger partial charge in [0.1, 0.15) is 5.82 Å². The molecular weight excluding hydrogens is 342 g/mol. The van der Waals surface area contributed by atoms with Crippen LogP contribution in [0.15, 0.2) is 23.7 Å². The summed E-state index contributed by atoms with van der Waals surface area (Å²) in [5.74, 6) is 0.533. The van der Waals surface area contributed by atoms with Gasteiger partial charge in [0.05, 0.1) is 26.8 Å². The minimum absolute atomic E-state index is 0.121. The van der Waals surface area contributed by atoms with Gasteiger partial charge in [-0.05, 0) is 32.9 Å². The molecule has 0 fully saturated rings. The van der Waals surface area contributed by atoms with Gasteiger partial charge < -0.3 is 10.6 Å². The van der Waals surface area contributed by atoms with E-state index in [1.54, 1.807) is 29.7 Å². The van der Waals surface area contributed by atoms with E-state index < -0.39 is 0 Å². The summed E-state index contributed by atoms with van der Waals surface area (Å²) in [4.78, 5) is 26.1. The maximum atomic E-state index is 11.7. The van der Waals surface area contributed by atoms with E-state index in [1.165, 1.54) is 11.3 Å². The minimum Gasteiger partial charge on any atom is -0.352 e. The normalized spacial score (nSPS) is 10.6. The molecule has 0 unspecified atom stereocenters. The zero-order chi connectivity index (χ0) is 17.1. The Morgan fingerprint density at radius 3 is 2.71 bits per heavy atom. The number of aryl methyl sites for hydroxylation is 2. The lowest BCUT2D eigenvalue weighted by Crippen LogP contribution is -2.22. The first-order valence-corrected chi connectivity index (χ1v) is 9.17. The number of rotatable bonds is 5. The van der Waals surface area contributed by atoms with Crippen LogP contribution in [-0.2, 0) is 0 Å². The molecule has 6 nitrogen and oxygen atoms in total. The largest absolute Gasteiger partial charge is 0.352 e. The highest BCUT2D eigenvalue weighted by atomic mass is 32.1. The molecule has 1 amide bonds. The number of pyridine rings is 1. The third-order valence-corrected chi connectivity index (χ3v) is 5.09. The fraction of sp³-hybridized carbons (Fsp3) is 0.250. The molecule has 0 saturated carbocycles. The van der Waals surface area contributed by atoms with E-state index in [-0.39, 0.29) is 5.91 Å². The van der Waals surface area contributed by atoms with E-state index >= 15 is 0 Å². The smallest absolute Gasteiger partial charge is 0.252 e. The number of nitrogens with zero attached hydrogens (tertiary/aromatic N) is 3. The molecule has 3 aromatic rings. The van der Waals surface area contributed by atoms with Gasteiger partial charge in [-0.1, -0.05) is 0 Å². The van der Waals surface area contributed by atoms with Crippen molar-refractivity contribution in [3.63, 3.8) is 0 Å². The Labute approximate surface area is 148 Å². The molecule has 0 atom stereocenters. The van der Waals surface area contributed by atoms with Crippen LogP contribution in [0.25, 0.3) is 10.6 Å². The summed E-state index contributed by atoms with van der Waals surface area (Å²) in [5, 5.41) is 9.71. The van der Waals surface area contributed by atoms with E-state index in [1.807, 2.05) is 26.2 Å². The summed E-state index contributed by atoms with van der Waals surface area (Å²) >= 11 is 3.16. The first-order valence-electron chi connectivity index (χ1n) is 7.48. The molecule has 0 saturated heterocycles. The van der Waals surface area contributed by atoms with Crippen LogP contribution in [0.1, 0.15) is 28.0 Å². The number of aromatic nitrogens is 3. The van der Waals surface area contributed by atoms with Crippen molar-refractivity contribution in [1.82, 2.24) is 20.3 Å². The van der Waals surface area contributed by atoms with Crippen LogP contribution in [0.5, 0.6) is 0 Å². The van der Waals surface area contributed by atoms with Crippen LogP contribution in [0.2, 0.25) is 0 Å². The molecule has 3 aromatic heterocycles. The average Bonchev–Trinajstić information content (AvgIpc) is 3.14. The number of hydrogen-bond acceptors (Lipinski definition) is 7. The second-order valence-corrected chi connectivity index (χ2v) is 7.16. The van der Waals surface area contributed by atoms with E-state index in [4.69, 9.17) is 0 Å². The van der Waals surface area contributed by atoms with E-state index in [9.17, 15) is 4.79 Å². The molecule has 24 heavy (non-hydrogen) atoms. The predicted molar refractivity (Wildman–Crippen MR) is 98.2 cm³/mol. The van der Waals surface area contributed by atoms with Gasteiger partial charge >= 0.3 is 0 Å². The molecule has 2 N–H and O–H groups in total. The monoisotopic (exact) mass is 359 g/mol. The van der Waals surface area contributed by atoms with Crippen LogP contribution in [0, 0.1) is 13.8 Å². The molecule has 0 aliphatic carbocycles. The summed E-state index contributed by atoms with van der Waals surface area (Å²) in [7, 11) is 0. The Bertz CT molecular complexity index is 854. The topological polar surface area (TPSA) is 79.8 Å². The van der Waals surface area contributed by atoms with Gasteiger partial charge in [0.15, 0.2) is 5.13 Å².